The highest BCUT2D eigenvalue weighted by Gasteiger charge is 2.37. The van der Waals surface area contributed by atoms with E-state index in [0.717, 1.165) is 6.08 Å². The molecule has 0 saturated carbocycles. The number of hydrogen-bond donors (Lipinski definition) is 3. The monoisotopic (exact) mass is 432 g/mol. The summed E-state index contributed by atoms with van der Waals surface area (Å²) in [6.07, 6.45) is 0.0469. The number of aromatic amines is 1. The summed E-state index contributed by atoms with van der Waals surface area (Å²) in [6.45, 7) is 6.77. The van der Waals surface area contributed by atoms with Crippen LogP contribution in [0, 0.1) is 6.92 Å². The van der Waals surface area contributed by atoms with Gasteiger partial charge >= 0.3 is 12.3 Å². The lowest BCUT2D eigenvalue weighted by atomic mass is 10.1. The maximum absolute atomic E-state index is 13.0. The molecular weight excluding hydrogens is 409 g/mol. The van der Waals surface area contributed by atoms with Crippen LogP contribution in [0.4, 0.5) is 13.2 Å². The molecule has 29 heavy (non-hydrogen) atoms. The summed E-state index contributed by atoms with van der Waals surface area (Å²) in [5.74, 6) is -1.76. The molecule has 1 aromatic rings. The maximum atomic E-state index is 13.0. The molecule has 1 atom stereocenters. The first-order valence-corrected chi connectivity index (χ1v) is 9.93. The van der Waals surface area contributed by atoms with Gasteiger partial charge in [-0.2, -0.15) is 0 Å². The number of halogens is 3. The minimum Gasteiger partial charge on any atom is -0.593 e. The van der Waals surface area contributed by atoms with Gasteiger partial charge in [0.15, 0.2) is 5.76 Å². The average Bonchev–Trinajstić information content (AvgIpc) is 2.89. The molecule has 1 aromatic heterocycles. The molecule has 1 aliphatic carbocycles. The van der Waals surface area contributed by atoms with E-state index in [9.17, 15) is 27.6 Å². The lowest BCUT2D eigenvalue weighted by molar-refractivity contribution is -0.303. The van der Waals surface area contributed by atoms with Gasteiger partial charge < -0.3 is 19.4 Å². The SMILES string of the molecule is Cc1[nH]c(C2=CCC/C=C(\[S+]([O-])NC(C)(C)C)C(OC(F)(F)F)=C2)cc1C(=O)O. The summed E-state index contributed by atoms with van der Waals surface area (Å²) >= 11 is -1.95. The lowest BCUT2D eigenvalue weighted by Crippen LogP contribution is -2.41. The van der Waals surface area contributed by atoms with Crippen molar-refractivity contribution in [3.8, 4) is 0 Å². The molecule has 3 N–H and O–H groups in total. The van der Waals surface area contributed by atoms with Crippen molar-refractivity contribution in [3.63, 3.8) is 0 Å². The van der Waals surface area contributed by atoms with Gasteiger partial charge in [0.25, 0.3) is 0 Å². The second kappa shape index (κ2) is 8.68. The summed E-state index contributed by atoms with van der Waals surface area (Å²) in [7, 11) is 0. The highest BCUT2D eigenvalue weighted by atomic mass is 32.2. The normalized spacial score (nSPS) is 18.7. The number of hydrogen-bond acceptors (Lipinski definition) is 4. The fourth-order valence-electron chi connectivity index (χ4n) is 2.65. The number of carbonyl (C=O) groups is 1. The zero-order chi connectivity index (χ0) is 22.0. The number of aromatic carboxylic acids is 1. The van der Waals surface area contributed by atoms with Gasteiger partial charge in [-0.25, -0.2) is 4.79 Å². The van der Waals surface area contributed by atoms with E-state index in [1.807, 2.05) is 0 Å². The second-order valence-electron chi connectivity index (χ2n) is 7.51. The molecule has 0 amide bonds. The third-order valence-corrected chi connectivity index (χ3v) is 5.34. The average molecular weight is 432 g/mol. The zero-order valence-electron chi connectivity index (χ0n) is 16.4. The molecule has 0 fully saturated rings. The Hall–Kier alpha value is -2.17. The van der Waals surface area contributed by atoms with E-state index < -0.39 is 35.0 Å². The molecule has 1 aliphatic rings. The number of ether oxygens (including phenoxy) is 1. The lowest BCUT2D eigenvalue weighted by Gasteiger charge is -2.25. The van der Waals surface area contributed by atoms with Gasteiger partial charge in [0.2, 0.25) is 4.91 Å². The molecule has 1 unspecified atom stereocenters. The number of aryl methyl sites for hydroxylation is 1. The number of rotatable bonds is 5. The predicted octanol–water partition coefficient (Wildman–Crippen LogP) is 4.55. The van der Waals surface area contributed by atoms with Crippen molar-refractivity contribution < 1.29 is 32.4 Å². The van der Waals surface area contributed by atoms with E-state index in [4.69, 9.17) is 0 Å². The fraction of sp³-hybridized carbons (Fsp3) is 0.421. The Balaban J connectivity index is 2.51. The fourth-order valence-corrected chi connectivity index (χ4v) is 3.87. The smallest absolute Gasteiger partial charge is 0.573 e. The first-order valence-electron chi connectivity index (χ1n) is 8.78. The topological polar surface area (TPSA) is 97.4 Å². The molecule has 160 valence electrons. The molecular formula is C19H23F3N2O4S. The van der Waals surface area contributed by atoms with Crippen molar-refractivity contribution >= 4 is 22.9 Å². The Morgan fingerprint density at radius 1 is 1.28 bits per heavy atom. The summed E-state index contributed by atoms with van der Waals surface area (Å²) in [4.78, 5) is 14.0. The number of aromatic nitrogens is 1. The maximum Gasteiger partial charge on any atom is 0.573 e. The van der Waals surface area contributed by atoms with Crippen molar-refractivity contribution in [2.45, 2.75) is 52.4 Å². The molecule has 0 aromatic carbocycles. The minimum atomic E-state index is -4.99. The second-order valence-corrected chi connectivity index (χ2v) is 8.69. The molecule has 0 aliphatic heterocycles. The van der Waals surface area contributed by atoms with Gasteiger partial charge in [0.1, 0.15) is 0 Å². The first kappa shape index (κ1) is 23.1. The molecule has 0 bridgehead atoms. The number of alkyl halides is 3. The van der Waals surface area contributed by atoms with Crippen LogP contribution < -0.4 is 4.72 Å². The Kier molecular flexibility index (Phi) is 6.92. The molecule has 10 heteroatoms. The van der Waals surface area contributed by atoms with Crippen LogP contribution in [-0.4, -0.2) is 32.5 Å². The zero-order valence-corrected chi connectivity index (χ0v) is 17.3. The summed E-state index contributed by atoms with van der Waals surface area (Å²) in [6, 6.07) is 1.35. The van der Waals surface area contributed by atoms with Gasteiger partial charge in [-0.3, -0.25) is 0 Å². The van der Waals surface area contributed by atoms with E-state index in [-0.39, 0.29) is 10.5 Å². The van der Waals surface area contributed by atoms with Crippen molar-refractivity contribution in [2.24, 2.45) is 0 Å². The Bertz CT molecular complexity index is 864. The van der Waals surface area contributed by atoms with Gasteiger partial charge in [-0.1, -0.05) is 6.08 Å². The van der Waals surface area contributed by atoms with Crippen molar-refractivity contribution in [1.29, 1.82) is 0 Å². The van der Waals surface area contributed by atoms with Crippen LogP contribution in [0.5, 0.6) is 0 Å². The molecule has 2 rings (SSSR count). The summed E-state index contributed by atoms with van der Waals surface area (Å²) in [5.41, 5.74) is 0.430. The third kappa shape index (κ3) is 6.69. The van der Waals surface area contributed by atoms with Crippen LogP contribution in [0.3, 0.4) is 0 Å². The number of carboxylic acids is 1. The Labute approximate surface area is 169 Å². The number of carboxylic acid groups (broad SMARTS) is 1. The van der Waals surface area contributed by atoms with Gasteiger partial charge in [0, 0.05) is 11.4 Å². The number of nitrogens with one attached hydrogen (secondary N) is 2. The van der Waals surface area contributed by atoms with Crippen LogP contribution in [0.2, 0.25) is 0 Å². The van der Waals surface area contributed by atoms with Crippen LogP contribution in [0.25, 0.3) is 5.57 Å². The van der Waals surface area contributed by atoms with E-state index in [1.54, 1.807) is 33.8 Å². The molecule has 0 radical (unpaired) electrons. The van der Waals surface area contributed by atoms with Crippen LogP contribution in [0.15, 0.2) is 35.0 Å². The summed E-state index contributed by atoms with van der Waals surface area (Å²) in [5, 5.41) is 9.22. The summed E-state index contributed by atoms with van der Waals surface area (Å²) < 4.78 is 58.8. The molecule has 0 saturated heterocycles. The highest BCUT2D eigenvalue weighted by molar-refractivity contribution is 7.93. The van der Waals surface area contributed by atoms with Crippen LogP contribution in [0.1, 0.15) is 55.4 Å². The largest absolute Gasteiger partial charge is 0.593 e. The van der Waals surface area contributed by atoms with Crippen molar-refractivity contribution in [1.82, 2.24) is 9.71 Å². The Morgan fingerprint density at radius 3 is 2.41 bits per heavy atom. The van der Waals surface area contributed by atoms with Gasteiger partial charge in [0.05, 0.1) is 22.5 Å². The van der Waals surface area contributed by atoms with Crippen molar-refractivity contribution in [3.05, 3.63) is 51.9 Å². The van der Waals surface area contributed by atoms with Gasteiger partial charge in [-0.05, 0) is 64.3 Å². The molecule has 0 spiro atoms. The Morgan fingerprint density at radius 2 is 1.90 bits per heavy atom. The van der Waals surface area contributed by atoms with Crippen LogP contribution >= 0.6 is 0 Å². The minimum absolute atomic E-state index is 0.0170. The standard InChI is InChI=1S/C19H23F3N2O4S/c1-11-13(17(25)26)10-14(23-11)12-7-5-6-8-16(29(27)24-18(2,3)4)15(9-12)28-19(20,21)22/h7-10,23-24H,5-6H2,1-4H3,(H,25,26)/b12-7?,15-9?,16-8-. The highest BCUT2D eigenvalue weighted by Crippen LogP contribution is 2.33. The number of H-pyrrole nitrogens is 1. The van der Waals surface area contributed by atoms with E-state index >= 15 is 0 Å². The van der Waals surface area contributed by atoms with Gasteiger partial charge in [-0.15, -0.1) is 17.9 Å². The third-order valence-electron chi connectivity index (χ3n) is 3.77. The quantitative estimate of drug-likeness (QED) is 0.593. The first-order chi connectivity index (χ1) is 13.3. The van der Waals surface area contributed by atoms with E-state index in [1.165, 1.54) is 12.1 Å². The van der Waals surface area contributed by atoms with E-state index in [0.29, 0.717) is 29.8 Å². The molecule has 1 heterocycles. The molecule has 6 nitrogen and oxygen atoms in total. The van der Waals surface area contributed by atoms with Crippen molar-refractivity contribution in [2.75, 3.05) is 0 Å². The van der Waals surface area contributed by atoms with E-state index in [2.05, 4.69) is 14.4 Å². The van der Waals surface area contributed by atoms with Crippen LogP contribution in [-0.2, 0) is 16.1 Å². The predicted molar refractivity (Wildman–Crippen MR) is 104 cm³/mol. The number of allylic oxidation sites excluding steroid dienone is 4.